The topological polar surface area (TPSA) is 149 Å². The Kier molecular flexibility index (Phi) is 4.82. The first-order chi connectivity index (χ1) is 12.0. The Morgan fingerprint density at radius 2 is 2.08 bits per heavy atom. The fraction of sp³-hybridized carbons (Fsp3) is 0.333. The molecule has 1 aromatic carbocycles. The van der Waals surface area contributed by atoms with E-state index in [0.717, 1.165) is 0 Å². The summed E-state index contributed by atoms with van der Waals surface area (Å²) in [5, 5.41) is 26.7. The van der Waals surface area contributed by atoms with Gasteiger partial charge in [0, 0.05) is 12.2 Å². The number of carbonyl (C=O) groups is 2. The minimum atomic E-state index is -1.26. The number of aromatic nitrogens is 2. The first-order valence-electron chi connectivity index (χ1n) is 7.71. The molecule has 1 aliphatic rings. The van der Waals surface area contributed by atoms with Crippen molar-refractivity contribution in [2.24, 2.45) is 5.73 Å². The standard InChI is InChI=1S/C15H16BN3O6/c17-7-13-19-18-12(24-13)6-10(20)5-9-4-8-2-1-3-11(15(21)22)14(8)25-16(9)23/h1-3,9,23H,4-7,17H2,(H,21,22)/t9-/m1/s1. The van der Waals surface area contributed by atoms with Crippen LogP contribution < -0.4 is 10.4 Å². The average molecular weight is 345 g/mol. The summed E-state index contributed by atoms with van der Waals surface area (Å²) in [5.41, 5.74) is 6.00. The van der Waals surface area contributed by atoms with Crippen LogP contribution in [0.25, 0.3) is 0 Å². The zero-order valence-corrected chi connectivity index (χ0v) is 13.2. The third-order valence-corrected chi connectivity index (χ3v) is 3.97. The molecule has 9 nitrogen and oxygen atoms in total. The van der Waals surface area contributed by atoms with Gasteiger partial charge in [-0.2, -0.15) is 0 Å². The molecule has 4 N–H and O–H groups in total. The van der Waals surface area contributed by atoms with Gasteiger partial charge in [0.15, 0.2) is 0 Å². The van der Waals surface area contributed by atoms with Crippen LogP contribution in [-0.4, -0.2) is 39.2 Å². The molecular formula is C15H16BN3O6. The number of nitrogens with zero attached hydrogens (tertiary/aromatic N) is 2. The fourth-order valence-corrected chi connectivity index (χ4v) is 2.80. The number of Topliss-reactive ketones (excluding diaryl/α,β-unsaturated/α-hetero) is 1. The normalized spacial score (nSPS) is 16.2. The molecule has 3 rings (SSSR count). The van der Waals surface area contributed by atoms with E-state index in [0.29, 0.717) is 12.0 Å². The molecule has 1 aromatic heterocycles. The first kappa shape index (κ1) is 17.1. The number of aromatic carboxylic acids is 1. The molecule has 0 aliphatic carbocycles. The Morgan fingerprint density at radius 1 is 1.32 bits per heavy atom. The van der Waals surface area contributed by atoms with Gasteiger partial charge >= 0.3 is 13.1 Å². The van der Waals surface area contributed by atoms with E-state index in [4.69, 9.17) is 14.8 Å². The van der Waals surface area contributed by atoms with Gasteiger partial charge < -0.3 is 24.9 Å². The summed E-state index contributed by atoms with van der Waals surface area (Å²) in [6, 6.07) is 4.73. The van der Waals surface area contributed by atoms with E-state index in [1.807, 2.05) is 0 Å². The fourth-order valence-electron chi connectivity index (χ4n) is 2.80. The summed E-state index contributed by atoms with van der Waals surface area (Å²) >= 11 is 0. The number of rotatable bonds is 6. The highest BCUT2D eigenvalue weighted by atomic mass is 16.5. The van der Waals surface area contributed by atoms with Crippen molar-refractivity contribution < 1.29 is 28.8 Å². The minimum absolute atomic E-state index is 0.0125. The number of carboxylic acids is 1. The molecule has 0 amide bonds. The SMILES string of the molecule is NCc1nnc(CC(=O)C[C@H]2Cc3cccc(C(=O)O)c3OB2O)o1. The first-order valence-corrected chi connectivity index (χ1v) is 7.71. The Hall–Kier alpha value is -2.72. The van der Waals surface area contributed by atoms with Crippen molar-refractivity contribution in [3.05, 3.63) is 41.1 Å². The molecule has 0 saturated carbocycles. The molecule has 130 valence electrons. The number of benzene rings is 1. The van der Waals surface area contributed by atoms with E-state index in [1.165, 1.54) is 6.07 Å². The van der Waals surface area contributed by atoms with Gasteiger partial charge in [-0.25, -0.2) is 4.79 Å². The van der Waals surface area contributed by atoms with Crippen LogP contribution in [0.2, 0.25) is 5.82 Å². The number of nitrogens with two attached hydrogens (primary N) is 1. The molecule has 0 bridgehead atoms. The van der Waals surface area contributed by atoms with Crippen LogP contribution in [-0.2, 0) is 24.2 Å². The third kappa shape index (κ3) is 3.70. The van der Waals surface area contributed by atoms with E-state index in [1.54, 1.807) is 12.1 Å². The van der Waals surface area contributed by atoms with Gasteiger partial charge in [0.1, 0.15) is 11.5 Å². The number of hydrogen-bond acceptors (Lipinski definition) is 8. The molecule has 2 aromatic rings. The highest BCUT2D eigenvalue weighted by Gasteiger charge is 2.37. The van der Waals surface area contributed by atoms with Crippen molar-refractivity contribution in [2.45, 2.75) is 31.6 Å². The van der Waals surface area contributed by atoms with E-state index >= 15 is 0 Å². The summed E-state index contributed by atoms with van der Waals surface area (Å²) in [7, 11) is -1.26. The van der Waals surface area contributed by atoms with Crippen LogP contribution in [0.3, 0.4) is 0 Å². The van der Waals surface area contributed by atoms with Gasteiger partial charge in [0.25, 0.3) is 0 Å². The molecule has 25 heavy (non-hydrogen) atoms. The Labute approximate surface area is 142 Å². The second-order valence-electron chi connectivity index (χ2n) is 5.78. The van der Waals surface area contributed by atoms with Gasteiger partial charge in [0.05, 0.1) is 18.5 Å². The Balaban J connectivity index is 1.68. The smallest absolute Gasteiger partial charge is 0.526 e. The molecule has 0 radical (unpaired) electrons. The molecule has 0 fully saturated rings. The lowest BCUT2D eigenvalue weighted by Gasteiger charge is -2.27. The zero-order valence-electron chi connectivity index (χ0n) is 13.2. The van der Waals surface area contributed by atoms with E-state index in [9.17, 15) is 19.7 Å². The number of carboxylic acid groups (broad SMARTS) is 1. The maximum atomic E-state index is 12.2. The molecule has 0 saturated heterocycles. The molecule has 0 spiro atoms. The number of para-hydroxylation sites is 1. The van der Waals surface area contributed by atoms with Crippen LogP contribution in [0.4, 0.5) is 0 Å². The summed E-state index contributed by atoms with van der Waals surface area (Å²) < 4.78 is 10.6. The lowest BCUT2D eigenvalue weighted by molar-refractivity contribution is -0.118. The Morgan fingerprint density at radius 3 is 2.76 bits per heavy atom. The molecule has 1 atom stereocenters. The molecule has 0 unspecified atom stereocenters. The number of hydrogen-bond donors (Lipinski definition) is 3. The van der Waals surface area contributed by atoms with Gasteiger partial charge in [-0.1, -0.05) is 12.1 Å². The predicted molar refractivity (Wildman–Crippen MR) is 85.0 cm³/mol. The molecule has 1 aliphatic heterocycles. The molecular weight excluding hydrogens is 329 g/mol. The number of fused-ring (bicyclic) bond motifs is 1. The average Bonchev–Trinajstić information content (AvgIpc) is 3.02. The highest BCUT2D eigenvalue weighted by molar-refractivity contribution is 6.47. The quantitative estimate of drug-likeness (QED) is 0.625. The van der Waals surface area contributed by atoms with Crippen molar-refractivity contribution in [1.29, 1.82) is 0 Å². The molecule has 10 heteroatoms. The van der Waals surface area contributed by atoms with Crippen molar-refractivity contribution in [1.82, 2.24) is 10.2 Å². The molecule has 2 heterocycles. The summed E-state index contributed by atoms with van der Waals surface area (Å²) in [4.78, 5) is 23.4. The van der Waals surface area contributed by atoms with Crippen molar-refractivity contribution in [3.8, 4) is 5.75 Å². The van der Waals surface area contributed by atoms with E-state index in [-0.39, 0.29) is 48.3 Å². The minimum Gasteiger partial charge on any atom is -0.535 e. The largest absolute Gasteiger partial charge is 0.535 e. The second kappa shape index (κ2) is 7.03. The third-order valence-electron chi connectivity index (χ3n) is 3.97. The number of carbonyl (C=O) groups excluding carboxylic acids is 1. The summed E-state index contributed by atoms with van der Waals surface area (Å²) in [6.07, 6.45) is 0.317. The monoisotopic (exact) mass is 345 g/mol. The summed E-state index contributed by atoms with van der Waals surface area (Å²) in [6.45, 7) is 0.0963. The van der Waals surface area contributed by atoms with Gasteiger partial charge in [0.2, 0.25) is 11.8 Å². The number of ketones is 1. The summed E-state index contributed by atoms with van der Waals surface area (Å²) in [5.74, 6) is -1.25. The van der Waals surface area contributed by atoms with Crippen LogP contribution in [0, 0.1) is 0 Å². The maximum absolute atomic E-state index is 12.2. The van der Waals surface area contributed by atoms with Crippen LogP contribution in [0.1, 0.15) is 34.1 Å². The van der Waals surface area contributed by atoms with E-state index in [2.05, 4.69) is 10.2 Å². The lowest BCUT2D eigenvalue weighted by atomic mass is 9.64. The van der Waals surface area contributed by atoms with Gasteiger partial charge in [-0.15, -0.1) is 10.2 Å². The maximum Gasteiger partial charge on any atom is 0.526 e. The highest BCUT2D eigenvalue weighted by Crippen LogP contribution is 2.36. The van der Waals surface area contributed by atoms with Crippen LogP contribution >= 0.6 is 0 Å². The zero-order chi connectivity index (χ0) is 18.0. The lowest BCUT2D eigenvalue weighted by Crippen LogP contribution is -2.36. The van der Waals surface area contributed by atoms with Gasteiger partial charge in [-0.3, -0.25) is 4.79 Å². The second-order valence-corrected chi connectivity index (χ2v) is 5.78. The predicted octanol–water partition coefficient (Wildman–Crippen LogP) is 0.214. The van der Waals surface area contributed by atoms with Crippen LogP contribution in [0.5, 0.6) is 5.75 Å². The Bertz CT molecular complexity index is 808. The van der Waals surface area contributed by atoms with E-state index < -0.39 is 18.9 Å². The van der Waals surface area contributed by atoms with Crippen molar-refractivity contribution in [2.75, 3.05) is 0 Å². The van der Waals surface area contributed by atoms with Crippen molar-refractivity contribution >= 4 is 18.9 Å². The van der Waals surface area contributed by atoms with Crippen molar-refractivity contribution in [3.63, 3.8) is 0 Å². The van der Waals surface area contributed by atoms with Gasteiger partial charge in [-0.05, 0) is 18.1 Å². The van der Waals surface area contributed by atoms with Crippen LogP contribution in [0.15, 0.2) is 22.6 Å².